The fourth-order valence-electron chi connectivity index (χ4n) is 2.95. The van der Waals surface area contributed by atoms with Crippen molar-refractivity contribution < 1.29 is 23.0 Å². The van der Waals surface area contributed by atoms with Crippen molar-refractivity contribution in [1.29, 1.82) is 0 Å². The number of nitrogens with one attached hydrogen (secondary N) is 3. The second-order valence-corrected chi connectivity index (χ2v) is 6.57. The monoisotopic (exact) mass is 562 g/mol. The third-order valence-corrected chi connectivity index (χ3v) is 4.50. The van der Waals surface area contributed by atoms with Crippen LogP contribution in [0, 0.1) is 0 Å². The summed E-state index contributed by atoms with van der Waals surface area (Å²) in [5, 5.41) is 9.02. The minimum Gasteiger partial charge on any atom is -0.493 e. The van der Waals surface area contributed by atoms with Crippen LogP contribution in [0.3, 0.4) is 0 Å². The molecule has 10 heteroatoms. The number of ether oxygens (including phenoxy) is 2. The molecule has 0 saturated carbocycles. The largest absolute Gasteiger partial charge is 0.493 e. The minimum atomic E-state index is -2.91. The fraction of sp³-hybridized carbons (Fsp3) is 0.364. The molecule has 176 valence electrons. The molecule has 0 radical (unpaired) electrons. The summed E-state index contributed by atoms with van der Waals surface area (Å²) in [4.78, 5) is 15.9. The third-order valence-electron chi connectivity index (χ3n) is 4.50. The van der Waals surface area contributed by atoms with Crippen molar-refractivity contribution in [1.82, 2.24) is 16.0 Å². The van der Waals surface area contributed by atoms with E-state index in [1.165, 1.54) is 7.11 Å². The Kier molecular flexibility index (Phi) is 12.4. The quantitative estimate of drug-likeness (QED) is 0.236. The lowest BCUT2D eigenvalue weighted by Gasteiger charge is -2.14. The first-order valence-electron chi connectivity index (χ1n) is 9.84. The Balaban J connectivity index is 0.00000512. The van der Waals surface area contributed by atoms with Crippen LogP contribution >= 0.6 is 24.0 Å². The van der Waals surface area contributed by atoms with Crippen LogP contribution in [0.1, 0.15) is 21.5 Å². The lowest BCUT2D eigenvalue weighted by atomic mass is 10.1. The molecule has 0 aliphatic rings. The Labute approximate surface area is 204 Å². The van der Waals surface area contributed by atoms with Crippen molar-refractivity contribution in [2.75, 3.05) is 34.3 Å². The van der Waals surface area contributed by atoms with Crippen LogP contribution in [-0.2, 0) is 12.8 Å². The van der Waals surface area contributed by atoms with Gasteiger partial charge in [0.1, 0.15) is 0 Å². The van der Waals surface area contributed by atoms with Crippen molar-refractivity contribution in [2.24, 2.45) is 4.99 Å². The van der Waals surface area contributed by atoms with Gasteiger partial charge in [-0.05, 0) is 48.2 Å². The molecule has 0 heterocycles. The van der Waals surface area contributed by atoms with E-state index in [2.05, 4.69) is 25.7 Å². The molecular weight excluding hydrogens is 533 g/mol. The Morgan fingerprint density at radius 2 is 1.69 bits per heavy atom. The van der Waals surface area contributed by atoms with Gasteiger partial charge in [0.05, 0.1) is 7.11 Å². The highest BCUT2D eigenvalue weighted by atomic mass is 127. The number of benzene rings is 2. The van der Waals surface area contributed by atoms with E-state index in [4.69, 9.17) is 4.74 Å². The minimum absolute atomic E-state index is 0. The number of hydrogen-bond donors (Lipinski definition) is 3. The predicted molar refractivity (Wildman–Crippen MR) is 132 cm³/mol. The van der Waals surface area contributed by atoms with E-state index in [9.17, 15) is 13.6 Å². The normalized spacial score (nSPS) is 10.9. The lowest BCUT2D eigenvalue weighted by Crippen LogP contribution is -2.39. The lowest BCUT2D eigenvalue weighted by molar-refractivity contribution is -0.0512. The molecule has 1 amide bonds. The van der Waals surface area contributed by atoms with Gasteiger partial charge < -0.3 is 25.4 Å². The summed E-state index contributed by atoms with van der Waals surface area (Å²) in [5.41, 5.74) is 2.48. The first-order chi connectivity index (χ1) is 15.0. The summed E-state index contributed by atoms with van der Waals surface area (Å²) >= 11 is 0. The van der Waals surface area contributed by atoms with Crippen LogP contribution in [0.4, 0.5) is 8.78 Å². The number of carbonyl (C=O) groups is 1. The molecule has 0 aliphatic heterocycles. The topological polar surface area (TPSA) is 84.0 Å². The number of alkyl halides is 2. The molecule has 32 heavy (non-hydrogen) atoms. The number of guanidine groups is 1. The van der Waals surface area contributed by atoms with Gasteiger partial charge in [0.25, 0.3) is 5.91 Å². The molecule has 3 N–H and O–H groups in total. The second-order valence-electron chi connectivity index (χ2n) is 6.57. The number of carbonyl (C=O) groups excluding carboxylic acids is 1. The van der Waals surface area contributed by atoms with E-state index in [-0.39, 0.29) is 41.4 Å². The Morgan fingerprint density at radius 1 is 1.03 bits per heavy atom. The number of aliphatic imine (C=N–C) groups is 1. The zero-order chi connectivity index (χ0) is 22.6. The molecule has 2 aromatic rings. The standard InChI is InChI=1S/C22H28F2N4O3.HI/c1-25-20(29)17-6-4-5-15(13-17)9-11-27-22(26-2)28-12-10-16-7-8-18(30-3)19(14-16)31-21(23)24;/h4-8,13-14,21H,9-12H2,1-3H3,(H,25,29)(H2,26,27,28);1H. The predicted octanol–water partition coefficient (Wildman–Crippen LogP) is 3.22. The molecule has 7 nitrogen and oxygen atoms in total. The maximum atomic E-state index is 12.6. The van der Waals surface area contributed by atoms with Crippen LogP contribution in [0.5, 0.6) is 11.5 Å². The summed E-state index contributed by atoms with van der Waals surface area (Å²) in [7, 11) is 4.67. The Hall–Kier alpha value is -2.63. The van der Waals surface area contributed by atoms with Crippen LogP contribution in [-0.4, -0.2) is 52.8 Å². The van der Waals surface area contributed by atoms with Crippen molar-refractivity contribution in [2.45, 2.75) is 19.5 Å². The Bertz CT molecular complexity index is 897. The number of amides is 1. The molecule has 0 aromatic heterocycles. The molecular formula is C22H29F2IN4O3. The van der Waals surface area contributed by atoms with Crippen LogP contribution in [0.25, 0.3) is 0 Å². The van der Waals surface area contributed by atoms with E-state index in [0.29, 0.717) is 31.0 Å². The van der Waals surface area contributed by atoms with Crippen LogP contribution < -0.4 is 25.4 Å². The third kappa shape index (κ3) is 8.85. The zero-order valence-corrected chi connectivity index (χ0v) is 20.6. The van der Waals surface area contributed by atoms with E-state index in [1.807, 2.05) is 18.2 Å². The average Bonchev–Trinajstić information content (AvgIpc) is 2.77. The van der Waals surface area contributed by atoms with Crippen LogP contribution in [0.15, 0.2) is 47.5 Å². The summed E-state index contributed by atoms with van der Waals surface area (Å²) in [6.07, 6.45) is 1.30. The molecule has 0 unspecified atom stereocenters. The smallest absolute Gasteiger partial charge is 0.387 e. The van der Waals surface area contributed by atoms with Gasteiger partial charge in [-0.2, -0.15) is 8.78 Å². The van der Waals surface area contributed by atoms with Gasteiger partial charge in [-0.3, -0.25) is 9.79 Å². The molecule has 0 bridgehead atoms. The first kappa shape index (κ1) is 27.4. The van der Waals surface area contributed by atoms with Crippen molar-refractivity contribution >= 4 is 35.8 Å². The van der Waals surface area contributed by atoms with Gasteiger partial charge in [-0.25, -0.2) is 0 Å². The van der Waals surface area contributed by atoms with Gasteiger partial charge in [0.15, 0.2) is 17.5 Å². The second kappa shape index (κ2) is 14.4. The summed E-state index contributed by atoms with van der Waals surface area (Å²) < 4.78 is 34.7. The molecule has 2 rings (SSSR count). The number of methoxy groups -OCH3 is 1. The maximum absolute atomic E-state index is 12.6. The first-order valence-corrected chi connectivity index (χ1v) is 9.84. The van der Waals surface area contributed by atoms with Gasteiger partial charge in [0.2, 0.25) is 0 Å². The zero-order valence-electron chi connectivity index (χ0n) is 18.3. The van der Waals surface area contributed by atoms with E-state index < -0.39 is 6.61 Å². The highest BCUT2D eigenvalue weighted by Gasteiger charge is 2.11. The molecule has 0 saturated heterocycles. The van der Waals surface area contributed by atoms with Gasteiger partial charge in [-0.15, -0.1) is 24.0 Å². The van der Waals surface area contributed by atoms with Crippen LogP contribution in [0.2, 0.25) is 0 Å². The number of nitrogens with zero attached hydrogens (tertiary/aromatic N) is 1. The average molecular weight is 562 g/mol. The van der Waals surface area contributed by atoms with Gasteiger partial charge in [-0.1, -0.05) is 18.2 Å². The number of rotatable bonds is 10. The maximum Gasteiger partial charge on any atom is 0.387 e. The van der Waals surface area contributed by atoms with Gasteiger partial charge in [0, 0.05) is 32.7 Å². The van der Waals surface area contributed by atoms with E-state index >= 15 is 0 Å². The van der Waals surface area contributed by atoms with Crippen molar-refractivity contribution in [3.05, 3.63) is 59.2 Å². The van der Waals surface area contributed by atoms with Crippen molar-refractivity contribution in [3.63, 3.8) is 0 Å². The molecule has 0 atom stereocenters. The number of halogens is 3. The van der Waals surface area contributed by atoms with Gasteiger partial charge >= 0.3 is 6.61 Å². The highest BCUT2D eigenvalue weighted by molar-refractivity contribution is 14.0. The van der Waals surface area contributed by atoms with E-state index in [1.54, 1.807) is 38.4 Å². The summed E-state index contributed by atoms with van der Waals surface area (Å²) in [5.74, 6) is 0.777. The van der Waals surface area contributed by atoms with E-state index in [0.717, 1.165) is 17.5 Å². The molecule has 2 aromatic carbocycles. The molecule has 0 spiro atoms. The molecule has 0 aliphatic carbocycles. The van der Waals surface area contributed by atoms with Crippen molar-refractivity contribution in [3.8, 4) is 11.5 Å². The highest BCUT2D eigenvalue weighted by Crippen LogP contribution is 2.29. The summed E-state index contributed by atoms with van der Waals surface area (Å²) in [6, 6.07) is 12.4. The fourth-order valence-corrected chi connectivity index (χ4v) is 2.95. The molecule has 0 fully saturated rings. The summed E-state index contributed by atoms with van der Waals surface area (Å²) in [6.45, 7) is -1.74. The SMILES string of the molecule is CN=C(NCCc1cccc(C(=O)NC)c1)NCCc1ccc(OC)c(OC(F)F)c1.I. The Morgan fingerprint density at radius 3 is 2.25 bits per heavy atom. The number of hydrogen-bond acceptors (Lipinski definition) is 4.